The Morgan fingerprint density at radius 1 is 1.26 bits per heavy atom. The second-order valence-electron chi connectivity index (χ2n) is 7.47. The summed E-state index contributed by atoms with van der Waals surface area (Å²) in [6.45, 7) is 11.7. The van der Waals surface area contributed by atoms with Gasteiger partial charge in [-0.3, -0.25) is 4.79 Å². The van der Waals surface area contributed by atoms with Gasteiger partial charge in [0.25, 0.3) is 0 Å². The average Bonchev–Trinajstić information content (AvgIpc) is 3.10. The van der Waals surface area contributed by atoms with Crippen LogP contribution >= 0.6 is 36.3 Å². The summed E-state index contributed by atoms with van der Waals surface area (Å²) >= 11 is 1.44. The number of nitrogens with zero attached hydrogens (tertiary/aromatic N) is 4. The van der Waals surface area contributed by atoms with E-state index in [9.17, 15) is 4.79 Å². The van der Waals surface area contributed by atoms with Gasteiger partial charge in [0, 0.05) is 62.6 Å². The minimum atomic E-state index is -0.826. The van der Waals surface area contributed by atoms with E-state index >= 15 is 0 Å². The number of amides is 1. The van der Waals surface area contributed by atoms with E-state index in [1.807, 2.05) is 25.7 Å². The Bertz CT molecular complexity index is 637. The minimum absolute atomic E-state index is 0. The fraction of sp³-hybridized carbons (Fsp3) is 0.824. The van der Waals surface area contributed by atoms with Crippen LogP contribution in [0.2, 0.25) is 0 Å². The first-order valence-corrected chi connectivity index (χ1v) is 9.88. The van der Waals surface area contributed by atoms with Gasteiger partial charge in [0.1, 0.15) is 11.4 Å². The number of rotatable bonds is 5. The standard InChI is InChI=1S/C17H29N5O2S.2ClH/c1-5-13-19-15(25-20-13)22-9-7-21(8-10-22)14(23)17(18)11-12(24-6-2)16(17,3)4;;/h12H,5-11,18H2,1-4H3;2*1H. The molecular weight excluding hydrogens is 409 g/mol. The van der Waals surface area contributed by atoms with Gasteiger partial charge in [-0.2, -0.15) is 4.37 Å². The van der Waals surface area contributed by atoms with E-state index in [0.29, 0.717) is 26.1 Å². The summed E-state index contributed by atoms with van der Waals surface area (Å²) in [7, 11) is 0. The molecule has 2 unspecified atom stereocenters. The summed E-state index contributed by atoms with van der Waals surface area (Å²) in [5.41, 5.74) is 5.37. The molecule has 7 nitrogen and oxygen atoms in total. The van der Waals surface area contributed by atoms with Crippen molar-refractivity contribution in [2.24, 2.45) is 11.1 Å². The van der Waals surface area contributed by atoms with Crippen LogP contribution in [0.4, 0.5) is 5.13 Å². The van der Waals surface area contributed by atoms with Gasteiger partial charge in [-0.25, -0.2) is 4.98 Å². The SMILES string of the molecule is CCOC1CC(N)(C(=O)N2CCN(c3nc(CC)ns3)CC2)C1(C)C.Cl.Cl. The molecule has 0 aromatic carbocycles. The van der Waals surface area contributed by atoms with E-state index < -0.39 is 5.54 Å². The third kappa shape index (κ3) is 4.19. The van der Waals surface area contributed by atoms with Gasteiger partial charge in [0.2, 0.25) is 11.0 Å². The lowest BCUT2D eigenvalue weighted by Crippen LogP contribution is -2.76. The molecule has 3 rings (SSSR count). The molecule has 27 heavy (non-hydrogen) atoms. The molecule has 1 aliphatic carbocycles. The number of hydrogen-bond acceptors (Lipinski definition) is 7. The molecular formula is C17H31Cl2N5O2S. The van der Waals surface area contributed by atoms with Crippen molar-refractivity contribution < 1.29 is 9.53 Å². The molecule has 1 saturated carbocycles. The van der Waals surface area contributed by atoms with Gasteiger partial charge in [-0.1, -0.05) is 20.8 Å². The summed E-state index contributed by atoms with van der Waals surface area (Å²) in [4.78, 5) is 21.7. The Labute approximate surface area is 178 Å². The number of halogens is 2. The smallest absolute Gasteiger partial charge is 0.243 e. The highest BCUT2D eigenvalue weighted by Crippen LogP contribution is 2.50. The van der Waals surface area contributed by atoms with E-state index in [1.165, 1.54) is 11.5 Å². The van der Waals surface area contributed by atoms with Crippen LogP contribution < -0.4 is 10.6 Å². The molecule has 1 saturated heterocycles. The highest BCUT2D eigenvalue weighted by Gasteiger charge is 2.63. The number of piperazine rings is 1. The van der Waals surface area contributed by atoms with E-state index in [4.69, 9.17) is 10.5 Å². The maximum absolute atomic E-state index is 13.1. The average molecular weight is 440 g/mol. The molecule has 2 heterocycles. The second kappa shape index (κ2) is 9.22. The van der Waals surface area contributed by atoms with Crippen molar-refractivity contribution in [1.82, 2.24) is 14.3 Å². The predicted molar refractivity (Wildman–Crippen MR) is 113 cm³/mol. The number of aryl methyl sites for hydroxylation is 1. The van der Waals surface area contributed by atoms with Crippen molar-refractivity contribution >= 4 is 47.4 Å². The fourth-order valence-electron chi connectivity index (χ4n) is 3.70. The molecule has 0 spiro atoms. The second-order valence-corrected chi connectivity index (χ2v) is 8.20. The van der Waals surface area contributed by atoms with Gasteiger partial charge in [-0.05, 0) is 6.92 Å². The molecule has 0 radical (unpaired) electrons. The maximum Gasteiger partial charge on any atom is 0.243 e. The first kappa shape index (κ1) is 24.4. The van der Waals surface area contributed by atoms with Crippen LogP contribution in [0.15, 0.2) is 0 Å². The van der Waals surface area contributed by atoms with Crippen LogP contribution in [0.3, 0.4) is 0 Å². The highest BCUT2D eigenvalue weighted by molar-refractivity contribution is 7.09. The van der Waals surface area contributed by atoms with Gasteiger partial charge in [0.15, 0.2) is 0 Å². The van der Waals surface area contributed by atoms with Gasteiger partial charge >= 0.3 is 0 Å². The third-order valence-electron chi connectivity index (χ3n) is 5.82. The Kier molecular flexibility index (Phi) is 8.32. The van der Waals surface area contributed by atoms with Crippen LogP contribution in [0.1, 0.15) is 39.9 Å². The summed E-state index contributed by atoms with van der Waals surface area (Å²) in [6.07, 6.45) is 1.51. The van der Waals surface area contributed by atoms with Gasteiger partial charge in [-0.15, -0.1) is 24.8 Å². The largest absolute Gasteiger partial charge is 0.378 e. The third-order valence-corrected chi connectivity index (χ3v) is 6.64. The van der Waals surface area contributed by atoms with Crippen LogP contribution in [0.25, 0.3) is 0 Å². The Morgan fingerprint density at radius 3 is 2.37 bits per heavy atom. The quantitative estimate of drug-likeness (QED) is 0.755. The summed E-state index contributed by atoms with van der Waals surface area (Å²) in [6, 6.07) is 0. The monoisotopic (exact) mass is 439 g/mol. The number of carbonyl (C=O) groups excluding carboxylic acids is 1. The summed E-state index contributed by atoms with van der Waals surface area (Å²) < 4.78 is 10.1. The fourth-order valence-corrected chi connectivity index (χ4v) is 4.50. The van der Waals surface area contributed by atoms with Crippen LogP contribution in [0.5, 0.6) is 0 Å². The minimum Gasteiger partial charge on any atom is -0.378 e. The number of aromatic nitrogens is 2. The molecule has 2 N–H and O–H groups in total. The lowest BCUT2D eigenvalue weighted by molar-refractivity contribution is -0.179. The topological polar surface area (TPSA) is 84.6 Å². The molecule has 10 heteroatoms. The Morgan fingerprint density at radius 2 is 1.89 bits per heavy atom. The number of anilines is 1. The first-order chi connectivity index (χ1) is 11.8. The van der Waals surface area contributed by atoms with Crippen molar-refractivity contribution in [3.05, 3.63) is 5.82 Å². The lowest BCUT2D eigenvalue weighted by atomic mass is 9.54. The zero-order valence-electron chi connectivity index (χ0n) is 16.4. The van der Waals surface area contributed by atoms with E-state index in [0.717, 1.165) is 30.5 Å². The molecule has 1 aromatic rings. The predicted octanol–water partition coefficient (Wildman–Crippen LogP) is 2.13. The highest BCUT2D eigenvalue weighted by atomic mass is 35.5. The van der Waals surface area contributed by atoms with Crippen molar-refractivity contribution in [3.8, 4) is 0 Å². The molecule has 156 valence electrons. The summed E-state index contributed by atoms with van der Waals surface area (Å²) in [5, 5.41) is 0.951. The molecule has 1 amide bonds. The van der Waals surface area contributed by atoms with Crippen molar-refractivity contribution in [3.63, 3.8) is 0 Å². The molecule has 2 aliphatic rings. The van der Waals surface area contributed by atoms with E-state index in [1.54, 1.807) is 0 Å². The molecule has 2 atom stereocenters. The summed E-state index contributed by atoms with van der Waals surface area (Å²) in [5.74, 6) is 0.942. The van der Waals surface area contributed by atoms with E-state index in [2.05, 4.69) is 21.2 Å². The van der Waals surface area contributed by atoms with Crippen LogP contribution in [-0.2, 0) is 16.0 Å². The zero-order valence-corrected chi connectivity index (χ0v) is 18.9. The van der Waals surface area contributed by atoms with Crippen molar-refractivity contribution in [2.75, 3.05) is 37.7 Å². The number of hydrogen-bond donors (Lipinski definition) is 1. The molecule has 1 aromatic heterocycles. The number of ether oxygens (including phenoxy) is 1. The Hall–Kier alpha value is -0.670. The lowest BCUT2D eigenvalue weighted by Gasteiger charge is -2.59. The number of nitrogens with two attached hydrogens (primary N) is 1. The number of carbonyl (C=O) groups is 1. The van der Waals surface area contributed by atoms with Crippen LogP contribution in [0, 0.1) is 5.41 Å². The zero-order chi connectivity index (χ0) is 18.2. The molecule has 0 bridgehead atoms. The van der Waals surface area contributed by atoms with E-state index in [-0.39, 0.29) is 42.2 Å². The maximum atomic E-state index is 13.1. The van der Waals surface area contributed by atoms with Crippen LogP contribution in [-0.4, -0.2) is 64.6 Å². The van der Waals surface area contributed by atoms with Crippen molar-refractivity contribution in [1.29, 1.82) is 0 Å². The first-order valence-electron chi connectivity index (χ1n) is 9.11. The van der Waals surface area contributed by atoms with Gasteiger partial charge < -0.3 is 20.3 Å². The Balaban J connectivity index is 0.00000182. The van der Waals surface area contributed by atoms with Gasteiger partial charge in [0.05, 0.1) is 6.10 Å². The normalized spacial score (nSPS) is 26.6. The molecule has 2 fully saturated rings. The molecule has 1 aliphatic heterocycles. The van der Waals surface area contributed by atoms with Crippen molar-refractivity contribution in [2.45, 2.75) is 52.2 Å².